The SMILES string of the molecule is CC(C)CC(NC(=O)C(Cc1ccc(O)cc1)NC(=O)C1CCCN1C(=O)C(N)CS)C(=O)O. The predicted molar refractivity (Wildman–Crippen MR) is 129 cm³/mol. The van der Waals surface area contributed by atoms with Crippen LogP contribution < -0.4 is 16.4 Å². The highest BCUT2D eigenvalue weighted by molar-refractivity contribution is 7.80. The van der Waals surface area contributed by atoms with Gasteiger partial charge in [-0.15, -0.1) is 0 Å². The minimum Gasteiger partial charge on any atom is -0.508 e. The molecule has 6 N–H and O–H groups in total. The lowest BCUT2D eigenvalue weighted by Gasteiger charge is -2.28. The van der Waals surface area contributed by atoms with E-state index in [1.807, 2.05) is 13.8 Å². The van der Waals surface area contributed by atoms with Crippen molar-refractivity contribution >= 4 is 36.3 Å². The Morgan fingerprint density at radius 2 is 1.79 bits per heavy atom. The second-order valence-electron chi connectivity index (χ2n) is 8.94. The molecule has 1 aromatic carbocycles. The highest BCUT2D eigenvalue weighted by Crippen LogP contribution is 2.19. The van der Waals surface area contributed by atoms with E-state index in [0.29, 0.717) is 24.9 Å². The number of nitrogens with zero attached hydrogens (tertiary/aromatic N) is 1. The van der Waals surface area contributed by atoms with Gasteiger partial charge in [-0.25, -0.2) is 4.79 Å². The maximum Gasteiger partial charge on any atom is 0.326 e. The van der Waals surface area contributed by atoms with Crippen molar-refractivity contribution in [2.75, 3.05) is 12.3 Å². The summed E-state index contributed by atoms with van der Waals surface area (Å²) in [4.78, 5) is 51.8. The molecular formula is C23H34N4O6S. The van der Waals surface area contributed by atoms with Crippen molar-refractivity contribution in [2.24, 2.45) is 11.7 Å². The lowest BCUT2D eigenvalue weighted by molar-refractivity contribution is -0.143. The number of likely N-dealkylation sites (tertiary alicyclic amines) is 1. The number of hydrogen-bond acceptors (Lipinski definition) is 7. The van der Waals surface area contributed by atoms with Crippen LogP contribution in [0.5, 0.6) is 5.75 Å². The van der Waals surface area contributed by atoms with Crippen molar-refractivity contribution in [1.29, 1.82) is 0 Å². The van der Waals surface area contributed by atoms with Crippen LogP contribution in [0, 0.1) is 5.92 Å². The van der Waals surface area contributed by atoms with Gasteiger partial charge in [0.25, 0.3) is 0 Å². The second-order valence-corrected chi connectivity index (χ2v) is 9.30. The molecule has 188 valence electrons. The van der Waals surface area contributed by atoms with Crippen LogP contribution in [0.4, 0.5) is 0 Å². The number of aromatic hydroxyl groups is 1. The fraction of sp³-hybridized carbons (Fsp3) is 0.565. The number of nitrogens with two attached hydrogens (primary N) is 1. The van der Waals surface area contributed by atoms with Crippen LogP contribution in [0.2, 0.25) is 0 Å². The summed E-state index contributed by atoms with van der Waals surface area (Å²) in [7, 11) is 0. The fourth-order valence-electron chi connectivity index (χ4n) is 3.90. The zero-order chi connectivity index (χ0) is 25.4. The normalized spacial score (nSPS) is 18.3. The van der Waals surface area contributed by atoms with E-state index in [1.165, 1.54) is 17.0 Å². The third-order valence-electron chi connectivity index (χ3n) is 5.68. The minimum absolute atomic E-state index is 0.0284. The van der Waals surface area contributed by atoms with Gasteiger partial charge >= 0.3 is 5.97 Å². The van der Waals surface area contributed by atoms with Crippen LogP contribution >= 0.6 is 12.6 Å². The van der Waals surface area contributed by atoms with Gasteiger partial charge in [0.15, 0.2) is 0 Å². The molecular weight excluding hydrogens is 460 g/mol. The molecule has 0 bridgehead atoms. The van der Waals surface area contributed by atoms with Crippen molar-refractivity contribution in [3.8, 4) is 5.75 Å². The summed E-state index contributed by atoms with van der Waals surface area (Å²) in [5.41, 5.74) is 6.46. The summed E-state index contributed by atoms with van der Waals surface area (Å²) in [6.45, 7) is 4.07. The van der Waals surface area contributed by atoms with E-state index in [1.54, 1.807) is 12.1 Å². The Labute approximate surface area is 204 Å². The van der Waals surface area contributed by atoms with Crippen LogP contribution in [0.15, 0.2) is 24.3 Å². The number of carbonyl (C=O) groups excluding carboxylic acids is 3. The second kappa shape index (κ2) is 12.6. The molecule has 11 heteroatoms. The summed E-state index contributed by atoms with van der Waals surface area (Å²) in [6, 6.07) is 2.34. The fourth-order valence-corrected chi connectivity index (χ4v) is 4.06. The van der Waals surface area contributed by atoms with E-state index >= 15 is 0 Å². The Kier molecular flexibility index (Phi) is 10.2. The van der Waals surface area contributed by atoms with Gasteiger partial charge in [0.05, 0.1) is 6.04 Å². The molecule has 3 amide bonds. The molecule has 0 aliphatic carbocycles. The van der Waals surface area contributed by atoms with Crippen LogP contribution in [-0.4, -0.2) is 75.3 Å². The largest absolute Gasteiger partial charge is 0.508 e. The van der Waals surface area contributed by atoms with Crippen molar-refractivity contribution in [3.05, 3.63) is 29.8 Å². The predicted octanol–water partition coefficient (Wildman–Crippen LogP) is 0.283. The molecule has 1 aliphatic rings. The lowest BCUT2D eigenvalue weighted by atomic mass is 10.0. The van der Waals surface area contributed by atoms with E-state index in [-0.39, 0.29) is 36.2 Å². The number of thiol groups is 1. The molecule has 34 heavy (non-hydrogen) atoms. The van der Waals surface area contributed by atoms with Gasteiger partial charge in [-0.1, -0.05) is 26.0 Å². The Morgan fingerprint density at radius 1 is 1.15 bits per heavy atom. The number of hydrogen-bond donors (Lipinski definition) is 6. The number of nitrogens with one attached hydrogen (secondary N) is 2. The van der Waals surface area contributed by atoms with Crippen molar-refractivity contribution in [3.63, 3.8) is 0 Å². The molecule has 0 saturated carbocycles. The number of aliphatic carboxylic acids is 1. The molecule has 1 fully saturated rings. The average Bonchev–Trinajstić information content (AvgIpc) is 3.28. The molecule has 0 radical (unpaired) electrons. The maximum absolute atomic E-state index is 13.1. The van der Waals surface area contributed by atoms with Gasteiger partial charge in [-0.3, -0.25) is 14.4 Å². The smallest absolute Gasteiger partial charge is 0.326 e. The van der Waals surface area contributed by atoms with E-state index in [4.69, 9.17) is 5.73 Å². The van der Waals surface area contributed by atoms with Gasteiger partial charge < -0.3 is 31.5 Å². The molecule has 1 saturated heterocycles. The standard InChI is InChI=1S/C23H34N4O6S/c1-13(2)10-18(23(32)33)26-20(29)17(11-14-5-7-15(28)8-6-14)25-21(30)19-4-3-9-27(19)22(31)16(24)12-34/h5-8,13,16-19,28,34H,3-4,9-12,24H2,1-2H3,(H,25,30)(H,26,29)(H,32,33). The Hall–Kier alpha value is -2.79. The van der Waals surface area contributed by atoms with Gasteiger partial charge in [0, 0.05) is 18.7 Å². The van der Waals surface area contributed by atoms with E-state index < -0.39 is 42.0 Å². The van der Waals surface area contributed by atoms with Gasteiger partial charge in [-0.2, -0.15) is 12.6 Å². The zero-order valence-corrected chi connectivity index (χ0v) is 20.3. The number of benzene rings is 1. The first-order chi connectivity index (χ1) is 16.0. The number of phenolic OH excluding ortho intramolecular Hbond substituents is 1. The van der Waals surface area contributed by atoms with Crippen LogP contribution in [0.1, 0.15) is 38.7 Å². The summed E-state index contributed by atoms with van der Waals surface area (Å²) in [6.07, 6.45) is 1.35. The van der Waals surface area contributed by atoms with E-state index in [0.717, 1.165) is 0 Å². The summed E-state index contributed by atoms with van der Waals surface area (Å²) in [5.74, 6) is -2.47. The van der Waals surface area contributed by atoms with Crippen molar-refractivity contribution in [2.45, 2.75) is 63.7 Å². The lowest BCUT2D eigenvalue weighted by Crippen LogP contribution is -2.57. The molecule has 10 nitrogen and oxygen atoms in total. The summed E-state index contributed by atoms with van der Waals surface area (Å²) in [5, 5.41) is 24.3. The molecule has 4 atom stereocenters. The maximum atomic E-state index is 13.1. The van der Waals surface area contributed by atoms with Crippen LogP contribution in [0.25, 0.3) is 0 Å². The number of carbonyl (C=O) groups is 4. The summed E-state index contributed by atoms with van der Waals surface area (Å²) >= 11 is 4.05. The number of rotatable bonds is 11. The van der Waals surface area contributed by atoms with Crippen LogP contribution in [0.3, 0.4) is 0 Å². The van der Waals surface area contributed by atoms with Gasteiger partial charge in [-0.05, 0) is 42.9 Å². The molecule has 1 heterocycles. The van der Waals surface area contributed by atoms with E-state index in [2.05, 4.69) is 23.3 Å². The molecule has 0 aromatic heterocycles. The Balaban J connectivity index is 2.21. The molecule has 2 rings (SSSR count). The average molecular weight is 495 g/mol. The summed E-state index contributed by atoms with van der Waals surface area (Å²) < 4.78 is 0. The van der Waals surface area contributed by atoms with Crippen LogP contribution in [-0.2, 0) is 25.6 Å². The molecule has 4 unspecified atom stereocenters. The highest BCUT2D eigenvalue weighted by Gasteiger charge is 2.37. The minimum atomic E-state index is -1.16. The number of amides is 3. The monoisotopic (exact) mass is 494 g/mol. The Morgan fingerprint density at radius 3 is 2.35 bits per heavy atom. The number of phenols is 1. The first-order valence-corrected chi connectivity index (χ1v) is 11.9. The first kappa shape index (κ1) is 27.5. The number of carboxylic acid groups (broad SMARTS) is 1. The van der Waals surface area contributed by atoms with Gasteiger partial charge in [0.2, 0.25) is 17.7 Å². The zero-order valence-electron chi connectivity index (χ0n) is 19.4. The first-order valence-electron chi connectivity index (χ1n) is 11.3. The highest BCUT2D eigenvalue weighted by atomic mass is 32.1. The topological polar surface area (TPSA) is 162 Å². The Bertz CT molecular complexity index is 879. The third-order valence-corrected chi connectivity index (χ3v) is 6.08. The van der Waals surface area contributed by atoms with Crippen molar-refractivity contribution < 1.29 is 29.4 Å². The number of carboxylic acids is 1. The molecule has 0 spiro atoms. The van der Waals surface area contributed by atoms with E-state index in [9.17, 15) is 29.4 Å². The molecule has 1 aromatic rings. The van der Waals surface area contributed by atoms with Gasteiger partial charge in [0.1, 0.15) is 23.9 Å². The quantitative estimate of drug-likeness (QED) is 0.241. The third kappa shape index (κ3) is 7.63. The molecule has 1 aliphatic heterocycles. The van der Waals surface area contributed by atoms with Crippen molar-refractivity contribution in [1.82, 2.24) is 15.5 Å².